The van der Waals surface area contributed by atoms with Crippen LogP contribution in [0.5, 0.6) is 5.75 Å². The molecular formula is C15H19N3O3. The summed E-state index contributed by atoms with van der Waals surface area (Å²) in [7, 11) is 1.61. The fourth-order valence-electron chi connectivity index (χ4n) is 2.91. The summed E-state index contributed by atoms with van der Waals surface area (Å²) in [6.45, 7) is 3.13. The van der Waals surface area contributed by atoms with Crippen LogP contribution in [0.4, 0.5) is 0 Å². The average molecular weight is 289 g/mol. The molecule has 3 rings (SSSR count). The number of ether oxygens (including phenoxy) is 1. The third-order valence-corrected chi connectivity index (χ3v) is 4.02. The molecule has 112 valence electrons. The minimum Gasteiger partial charge on any atom is -0.497 e. The Hall–Kier alpha value is -2.08. The van der Waals surface area contributed by atoms with Crippen LogP contribution < -0.4 is 10.1 Å². The Morgan fingerprint density at radius 2 is 2.19 bits per heavy atom. The summed E-state index contributed by atoms with van der Waals surface area (Å²) in [5.74, 6) is -0.0316. The van der Waals surface area contributed by atoms with Crippen molar-refractivity contribution in [1.29, 1.82) is 0 Å². The van der Waals surface area contributed by atoms with E-state index in [2.05, 4.69) is 5.32 Å². The van der Waals surface area contributed by atoms with Crippen LogP contribution in [0.2, 0.25) is 0 Å². The molecule has 6 heteroatoms. The molecule has 6 nitrogen and oxygen atoms in total. The number of benzene rings is 1. The summed E-state index contributed by atoms with van der Waals surface area (Å²) in [6, 6.07) is 7.66. The number of carbonyl (C=O) groups excluding carboxylic acids is 2. The lowest BCUT2D eigenvalue weighted by Crippen LogP contribution is -2.65. The number of rotatable bonds is 3. The van der Waals surface area contributed by atoms with Crippen molar-refractivity contribution in [3.8, 4) is 5.75 Å². The van der Waals surface area contributed by atoms with Crippen LogP contribution in [-0.2, 0) is 16.1 Å². The molecule has 0 aromatic heterocycles. The highest BCUT2D eigenvalue weighted by Gasteiger charge is 2.39. The highest BCUT2D eigenvalue weighted by molar-refractivity contribution is 6.35. The van der Waals surface area contributed by atoms with Gasteiger partial charge in [0.15, 0.2) is 0 Å². The van der Waals surface area contributed by atoms with E-state index in [1.54, 1.807) is 16.9 Å². The maximum atomic E-state index is 12.2. The van der Waals surface area contributed by atoms with Gasteiger partial charge in [0, 0.05) is 32.7 Å². The minimum atomic E-state index is -0.407. The molecule has 1 aromatic rings. The SMILES string of the molecule is COc1cccc(CN2CC3CNCCN3C(=O)C2=O)c1. The van der Waals surface area contributed by atoms with Crippen LogP contribution in [-0.4, -0.2) is 60.9 Å². The van der Waals surface area contributed by atoms with E-state index in [0.29, 0.717) is 19.6 Å². The van der Waals surface area contributed by atoms with Gasteiger partial charge in [0.05, 0.1) is 13.2 Å². The summed E-state index contributed by atoms with van der Waals surface area (Å²) >= 11 is 0. The molecule has 1 N–H and O–H groups in total. The Morgan fingerprint density at radius 3 is 3.00 bits per heavy atom. The van der Waals surface area contributed by atoms with Gasteiger partial charge < -0.3 is 19.9 Å². The van der Waals surface area contributed by atoms with Crippen molar-refractivity contribution >= 4 is 11.8 Å². The van der Waals surface area contributed by atoms with Gasteiger partial charge in [0.2, 0.25) is 0 Å². The minimum absolute atomic E-state index is 0.0783. The molecule has 0 bridgehead atoms. The van der Waals surface area contributed by atoms with Crippen molar-refractivity contribution in [3.63, 3.8) is 0 Å². The van der Waals surface area contributed by atoms with Crippen LogP contribution in [0.15, 0.2) is 24.3 Å². The fourth-order valence-corrected chi connectivity index (χ4v) is 2.91. The second-order valence-electron chi connectivity index (χ2n) is 5.39. The smallest absolute Gasteiger partial charge is 0.312 e. The number of amides is 2. The van der Waals surface area contributed by atoms with Crippen molar-refractivity contribution in [2.24, 2.45) is 0 Å². The first-order chi connectivity index (χ1) is 10.2. The quantitative estimate of drug-likeness (QED) is 0.785. The monoisotopic (exact) mass is 289 g/mol. The third kappa shape index (κ3) is 2.71. The highest BCUT2D eigenvalue weighted by atomic mass is 16.5. The van der Waals surface area contributed by atoms with Crippen molar-refractivity contribution in [2.45, 2.75) is 12.6 Å². The number of methoxy groups -OCH3 is 1. The molecule has 2 aliphatic rings. The normalized spacial score (nSPS) is 22.2. The van der Waals surface area contributed by atoms with Gasteiger partial charge in [-0.3, -0.25) is 9.59 Å². The Morgan fingerprint density at radius 1 is 1.33 bits per heavy atom. The Labute approximate surface area is 123 Å². The van der Waals surface area contributed by atoms with Gasteiger partial charge in [-0.2, -0.15) is 0 Å². The van der Waals surface area contributed by atoms with E-state index in [4.69, 9.17) is 4.74 Å². The van der Waals surface area contributed by atoms with Crippen LogP contribution in [0.1, 0.15) is 5.56 Å². The first-order valence-electron chi connectivity index (χ1n) is 7.12. The summed E-state index contributed by atoms with van der Waals surface area (Å²) < 4.78 is 5.19. The van der Waals surface area contributed by atoms with E-state index >= 15 is 0 Å². The van der Waals surface area contributed by atoms with Gasteiger partial charge in [-0.25, -0.2) is 0 Å². The average Bonchev–Trinajstić information content (AvgIpc) is 2.52. The van der Waals surface area contributed by atoms with Crippen LogP contribution in [0.3, 0.4) is 0 Å². The topological polar surface area (TPSA) is 61.9 Å². The predicted molar refractivity (Wildman–Crippen MR) is 76.8 cm³/mol. The number of fused-ring (bicyclic) bond motifs is 1. The number of hydrogen-bond donors (Lipinski definition) is 1. The van der Waals surface area contributed by atoms with Crippen molar-refractivity contribution < 1.29 is 14.3 Å². The summed E-state index contributed by atoms with van der Waals surface area (Å²) in [5, 5.41) is 3.27. The molecule has 0 radical (unpaired) electrons. The van der Waals surface area contributed by atoms with Crippen LogP contribution in [0.25, 0.3) is 0 Å². The zero-order chi connectivity index (χ0) is 14.8. The summed E-state index contributed by atoms with van der Waals surface area (Å²) in [5.41, 5.74) is 0.965. The standard InChI is InChI=1S/C15H19N3O3/c1-21-13-4-2-3-11(7-13)9-17-10-12-8-16-5-6-18(12)15(20)14(17)19/h2-4,7,12,16H,5-6,8-10H2,1H3. The Kier molecular flexibility index (Phi) is 3.79. The maximum Gasteiger partial charge on any atom is 0.312 e. The van der Waals surface area contributed by atoms with E-state index < -0.39 is 5.91 Å². The molecule has 1 unspecified atom stereocenters. The molecule has 1 atom stereocenters. The molecule has 0 spiro atoms. The number of carbonyl (C=O) groups is 2. The first kappa shape index (κ1) is 13.9. The zero-order valence-electron chi connectivity index (χ0n) is 12.0. The van der Waals surface area contributed by atoms with Gasteiger partial charge in [-0.15, -0.1) is 0 Å². The second-order valence-corrected chi connectivity index (χ2v) is 5.39. The molecule has 2 heterocycles. The lowest BCUT2D eigenvalue weighted by Gasteiger charge is -2.43. The van der Waals surface area contributed by atoms with E-state index in [1.165, 1.54) is 0 Å². The predicted octanol–water partition coefficient (Wildman–Crippen LogP) is -0.162. The summed E-state index contributed by atoms with van der Waals surface area (Å²) in [4.78, 5) is 27.7. The number of hydrogen-bond acceptors (Lipinski definition) is 4. The number of nitrogens with zero attached hydrogens (tertiary/aromatic N) is 2. The van der Waals surface area contributed by atoms with E-state index in [0.717, 1.165) is 24.4 Å². The molecule has 2 amide bonds. The molecule has 1 aromatic carbocycles. The molecule has 2 fully saturated rings. The second kappa shape index (κ2) is 5.73. The van der Waals surface area contributed by atoms with Crippen molar-refractivity contribution in [1.82, 2.24) is 15.1 Å². The summed E-state index contributed by atoms with van der Waals surface area (Å²) in [6.07, 6.45) is 0. The Balaban J connectivity index is 1.75. The van der Waals surface area contributed by atoms with Gasteiger partial charge in [0.25, 0.3) is 0 Å². The lowest BCUT2D eigenvalue weighted by atomic mass is 10.1. The number of nitrogens with one attached hydrogen (secondary N) is 1. The maximum absolute atomic E-state index is 12.2. The van der Waals surface area contributed by atoms with E-state index in [-0.39, 0.29) is 11.9 Å². The molecule has 0 saturated carbocycles. The zero-order valence-corrected chi connectivity index (χ0v) is 12.0. The first-order valence-corrected chi connectivity index (χ1v) is 7.12. The van der Waals surface area contributed by atoms with Crippen LogP contribution >= 0.6 is 0 Å². The van der Waals surface area contributed by atoms with E-state index in [9.17, 15) is 9.59 Å². The molecule has 2 saturated heterocycles. The lowest BCUT2D eigenvalue weighted by molar-refractivity contribution is -0.160. The molecule has 21 heavy (non-hydrogen) atoms. The largest absolute Gasteiger partial charge is 0.497 e. The van der Waals surface area contributed by atoms with E-state index in [1.807, 2.05) is 24.3 Å². The molecule has 0 aliphatic carbocycles. The fraction of sp³-hybridized carbons (Fsp3) is 0.467. The van der Waals surface area contributed by atoms with Crippen molar-refractivity contribution in [3.05, 3.63) is 29.8 Å². The van der Waals surface area contributed by atoms with Crippen molar-refractivity contribution in [2.75, 3.05) is 33.3 Å². The highest BCUT2D eigenvalue weighted by Crippen LogP contribution is 2.19. The number of piperazine rings is 2. The molecular weight excluding hydrogens is 270 g/mol. The van der Waals surface area contributed by atoms with Gasteiger partial charge >= 0.3 is 11.8 Å². The third-order valence-electron chi connectivity index (χ3n) is 4.02. The van der Waals surface area contributed by atoms with Gasteiger partial charge in [0.1, 0.15) is 5.75 Å². The van der Waals surface area contributed by atoms with Crippen LogP contribution in [0, 0.1) is 0 Å². The Bertz CT molecular complexity index is 561. The molecule has 2 aliphatic heterocycles. The van der Waals surface area contributed by atoms with Gasteiger partial charge in [-0.05, 0) is 17.7 Å². The van der Waals surface area contributed by atoms with Gasteiger partial charge in [-0.1, -0.05) is 12.1 Å².